The first-order valence-corrected chi connectivity index (χ1v) is 7.58. The van der Waals surface area contributed by atoms with Gasteiger partial charge in [0.25, 0.3) is 0 Å². The van der Waals surface area contributed by atoms with E-state index in [1.165, 1.54) is 12.8 Å². The van der Waals surface area contributed by atoms with Crippen molar-refractivity contribution in [2.45, 2.75) is 25.7 Å². The molecule has 0 spiro atoms. The van der Waals surface area contributed by atoms with E-state index in [0.29, 0.717) is 5.92 Å². The van der Waals surface area contributed by atoms with Crippen LogP contribution in [0.4, 0.5) is 0 Å². The molecule has 0 radical (unpaired) electrons. The van der Waals surface area contributed by atoms with Crippen molar-refractivity contribution in [1.29, 1.82) is 0 Å². The molecule has 1 aromatic carbocycles. The molecule has 0 saturated heterocycles. The smallest absolute Gasteiger partial charge is 0.193 e. The first kappa shape index (κ1) is 11.8. The summed E-state index contributed by atoms with van der Waals surface area (Å²) < 4.78 is 0. The van der Waals surface area contributed by atoms with Crippen molar-refractivity contribution in [2.24, 2.45) is 0 Å². The Labute approximate surface area is 120 Å². The molecule has 2 aromatic heterocycles. The summed E-state index contributed by atoms with van der Waals surface area (Å²) >= 11 is 1.65. The average molecular weight is 282 g/mol. The maximum atomic E-state index is 4.65. The summed E-state index contributed by atoms with van der Waals surface area (Å²) in [4.78, 5) is 10.4. The van der Waals surface area contributed by atoms with Gasteiger partial charge in [0, 0.05) is 11.5 Å². The number of aromatic amines is 1. The lowest BCUT2D eigenvalue weighted by atomic mass is 10.1. The lowest BCUT2D eigenvalue weighted by Gasteiger charge is -1.98. The van der Waals surface area contributed by atoms with Crippen LogP contribution in [0.1, 0.15) is 29.6 Å². The number of thiazole rings is 1. The molecule has 0 aliphatic heterocycles. The van der Waals surface area contributed by atoms with E-state index in [0.717, 1.165) is 32.8 Å². The van der Waals surface area contributed by atoms with Crippen molar-refractivity contribution in [2.75, 3.05) is 0 Å². The number of hydrogen-bond donors (Lipinski definition) is 1. The third kappa shape index (κ3) is 2.04. The van der Waals surface area contributed by atoms with E-state index >= 15 is 0 Å². The minimum atomic E-state index is 0.588. The summed E-state index contributed by atoms with van der Waals surface area (Å²) in [6.07, 6.45) is 2.45. The lowest BCUT2D eigenvalue weighted by molar-refractivity contribution is 0.935. The number of benzene rings is 1. The van der Waals surface area contributed by atoms with Crippen LogP contribution < -0.4 is 0 Å². The fourth-order valence-electron chi connectivity index (χ4n) is 2.29. The Bertz CT molecular complexity index is 740. The molecule has 1 N–H and O–H groups in total. The maximum absolute atomic E-state index is 4.65. The first-order valence-electron chi connectivity index (χ1n) is 6.77. The van der Waals surface area contributed by atoms with Gasteiger partial charge >= 0.3 is 0 Å². The first-order chi connectivity index (χ1) is 9.81. The van der Waals surface area contributed by atoms with Crippen LogP contribution in [0.15, 0.2) is 30.3 Å². The Morgan fingerprint density at radius 1 is 1.15 bits per heavy atom. The van der Waals surface area contributed by atoms with Gasteiger partial charge in [0.15, 0.2) is 5.82 Å². The highest BCUT2D eigenvalue weighted by Gasteiger charge is 2.28. The van der Waals surface area contributed by atoms with Crippen LogP contribution in [0.25, 0.3) is 22.0 Å². The molecule has 5 heteroatoms. The zero-order valence-corrected chi connectivity index (χ0v) is 11.9. The molecule has 1 fully saturated rings. The molecule has 0 bridgehead atoms. The minimum absolute atomic E-state index is 0.588. The Balaban J connectivity index is 1.80. The molecule has 4 nitrogen and oxygen atoms in total. The SMILES string of the molecule is Cc1nc(-c2ccccc2)c(-c2n[nH]c(C3CC3)n2)s1. The summed E-state index contributed by atoms with van der Waals surface area (Å²) in [5.41, 5.74) is 2.10. The van der Waals surface area contributed by atoms with Gasteiger partial charge < -0.3 is 0 Å². The quantitative estimate of drug-likeness (QED) is 0.795. The van der Waals surface area contributed by atoms with Crippen molar-refractivity contribution in [3.63, 3.8) is 0 Å². The number of nitrogens with one attached hydrogen (secondary N) is 1. The van der Waals surface area contributed by atoms with Crippen LogP contribution in [-0.2, 0) is 0 Å². The Morgan fingerprint density at radius 2 is 1.95 bits per heavy atom. The van der Waals surface area contributed by atoms with Crippen LogP contribution in [0.5, 0.6) is 0 Å². The number of aromatic nitrogens is 4. The fourth-order valence-corrected chi connectivity index (χ4v) is 3.16. The number of H-pyrrole nitrogens is 1. The molecule has 0 unspecified atom stereocenters. The van der Waals surface area contributed by atoms with Gasteiger partial charge in [-0.3, -0.25) is 5.10 Å². The van der Waals surface area contributed by atoms with Gasteiger partial charge in [-0.15, -0.1) is 11.3 Å². The van der Waals surface area contributed by atoms with Crippen LogP contribution in [0.3, 0.4) is 0 Å². The molecule has 0 amide bonds. The summed E-state index contributed by atoms with van der Waals surface area (Å²) in [5, 5.41) is 8.49. The molecule has 4 rings (SSSR count). The molecule has 100 valence electrons. The topological polar surface area (TPSA) is 54.5 Å². The molecule has 1 aliphatic rings. The molecule has 20 heavy (non-hydrogen) atoms. The van der Waals surface area contributed by atoms with Crippen molar-refractivity contribution < 1.29 is 0 Å². The predicted octanol–water partition coefficient (Wildman–Crippen LogP) is 3.78. The summed E-state index contributed by atoms with van der Waals surface area (Å²) in [5.74, 6) is 2.38. The van der Waals surface area contributed by atoms with Crippen molar-refractivity contribution in [3.05, 3.63) is 41.2 Å². The van der Waals surface area contributed by atoms with Gasteiger partial charge in [-0.2, -0.15) is 5.10 Å². The standard InChI is InChI=1S/C15H14N4S/c1-9-16-12(10-5-3-2-4-6-10)13(20-9)15-17-14(18-19-15)11-7-8-11/h2-6,11H,7-8H2,1H3,(H,17,18,19). The largest absolute Gasteiger partial charge is 0.262 e. The van der Waals surface area contributed by atoms with Crippen molar-refractivity contribution >= 4 is 11.3 Å². The lowest BCUT2D eigenvalue weighted by Crippen LogP contribution is -1.84. The normalized spacial score (nSPS) is 14.7. The predicted molar refractivity (Wildman–Crippen MR) is 79.6 cm³/mol. The van der Waals surface area contributed by atoms with Gasteiger partial charge in [-0.25, -0.2) is 9.97 Å². The highest BCUT2D eigenvalue weighted by atomic mass is 32.1. The van der Waals surface area contributed by atoms with Gasteiger partial charge in [0.1, 0.15) is 10.7 Å². The monoisotopic (exact) mass is 282 g/mol. The Morgan fingerprint density at radius 3 is 2.70 bits per heavy atom. The van der Waals surface area contributed by atoms with E-state index in [2.05, 4.69) is 32.3 Å². The van der Waals surface area contributed by atoms with E-state index in [1.54, 1.807) is 11.3 Å². The van der Waals surface area contributed by atoms with Crippen LogP contribution in [0, 0.1) is 6.92 Å². The third-order valence-electron chi connectivity index (χ3n) is 3.45. The molecule has 0 atom stereocenters. The molecular weight excluding hydrogens is 268 g/mol. The molecule has 3 aromatic rings. The number of rotatable bonds is 3. The average Bonchev–Trinajstić information content (AvgIpc) is 3.08. The van der Waals surface area contributed by atoms with E-state index in [9.17, 15) is 0 Å². The summed E-state index contributed by atoms with van der Waals surface area (Å²) in [6, 6.07) is 10.2. The highest BCUT2D eigenvalue weighted by molar-refractivity contribution is 7.15. The van der Waals surface area contributed by atoms with E-state index in [1.807, 2.05) is 25.1 Å². The van der Waals surface area contributed by atoms with Crippen molar-refractivity contribution in [3.8, 4) is 22.0 Å². The summed E-state index contributed by atoms with van der Waals surface area (Å²) in [6.45, 7) is 2.02. The zero-order chi connectivity index (χ0) is 13.5. The van der Waals surface area contributed by atoms with Gasteiger partial charge in [0.2, 0.25) is 0 Å². The van der Waals surface area contributed by atoms with Crippen molar-refractivity contribution in [1.82, 2.24) is 20.2 Å². The van der Waals surface area contributed by atoms with E-state index in [4.69, 9.17) is 0 Å². The van der Waals surface area contributed by atoms with Crippen LogP contribution >= 0.6 is 11.3 Å². The molecule has 1 aliphatic carbocycles. The number of nitrogens with zero attached hydrogens (tertiary/aromatic N) is 3. The third-order valence-corrected chi connectivity index (χ3v) is 4.42. The Hall–Kier alpha value is -2.01. The maximum Gasteiger partial charge on any atom is 0.193 e. The second-order valence-electron chi connectivity index (χ2n) is 5.10. The van der Waals surface area contributed by atoms with Crippen LogP contribution in [-0.4, -0.2) is 20.2 Å². The second kappa shape index (κ2) is 4.52. The van der Waals surface area contributed by atoms with E-state index < -0.39 is 0 Å². The Kier molecular flexibility index (Phi) is 2.67. The van der Waals surface area contributed by atoms with Crippen LogP contribution in [0.2, 0.25) is 0 Å². The van der Waals surface area contributed by atoms with Gasteiger partial charge in [-0.05, 0) is 19.8 Å². The highest BCUT2D eigenvalue weighted by Crippen LogP contribution is 2.40. The fraction of sp³-hybridized carbons (Fsp3) is 0.267. The molecular formula is C15H14N4S. The van der Waals surface area contributed by atoms with Gasteiger partial charge in [0.05, 0.1) is 10.7 Å². The second-order valence-corrected chi connectivity index (χ2v) is 6.30. The van der Waals surface area contributed by atoms with E-state index in [-0.39, 0.29) is 0 Å². The number of hydrogen-bond acceptors (Lipinski definition) is 4. The molecule has 1 saturated carbocycles. The number of aryl methyl sites for hydroxylation is 1. The van der Waals surface area contributed by atoms with Gasteiger partial charge in [-0.1, -0.05) is 30.3 Å². The summed E-state index contributed by atoms with van der Waals surface area (Å²) in [7, 11) is 0. The molecule has 2 heterocycles. The minimum Gasteiger partial charge on any atom is -0.262 e. The zero-order valence-electron chi connectivity index (χ0n) is 11.1.